The summed E-state index contributed by atoms with van der Waals surface area (Å²) in [6.07, 6.45) is -4.84. The quantitative estimate of drug-likeness (QED) is 0.221. The van der Waals surface area contributed by atoms with Crippen molar-refractivity contribution < 1.29 is 36.2 Å². The molecule has 3 N–H and O–H groups in total. The molecule has 6 nitrogen and oxygen atoms in total. The number of halogens is 6. The van der Waals surface area contributed by atoms with E-state index in [0.717, 1.165) is 16.8 Å². The molecule has 0 saturated carbocycles. The number of rotatable bonds is 9. The van der Waals surface area contributed by atoms with Crippen LogP contribution < -0.4 is 5.73 Å². The van der Waals surface area contributed by atoms with Gasteiger partial charge < -0.3 is 10.8 Å². The number of aromatic nitrogens is 3. The summed E-state index contributed by atoms with van der Waals surface area (Å²) in [5.74, 6) is -3.56. The van der Waals surface area contributed by atoms with Crippen molar-refractivity contribution in [3.05, 3.63) is 113 Å². The number of alkyl halides is 3. The van der Waals surface area contributed by atoms with Gasteiger partial charge in [-0.15, -0.1) is 0 Å². The number of hydrogen-bond acceptors (Lipinski definition) is 5. The summed E-state index contributed by atoms with van der Waals surface area (Å²) in [6, 6.07) is 10.4. The van der Waals surface area contributed by atoms with Crippen LogP contribution >= 0.6 is 0 Å². The average Bonchev–Trinajstić information content (AvgIpc) is 3.48. The van der Waals surface area contributed by atoms with Crippen molar-refractivity contribution in [3.8, 4) is 11.1 Å². The zero-order valence-corrected chi connectivity index (χ0v) is 22.6. The maximum absolute atomic E-state index is 14.4. The van der Waals surface area contributed by atoms with E-state index < -0.39 is 53.7 Å². The number of carbonyl (C=O) groups is 1. The van der Waals surface area contributed by atoms with Gasteiger partial charge in [-0.05, 0) is 60.7 Å². The molecule has 0 fully saturated rings. The Kier molecular flexibility index (Phi) is 8.15. The van der Waals surface area contributed by atoms with Gasteiger partial charge in [-0.25, -0.2) is 13.2 Å². The monoisotopic (exact) mass is 600 g/mol. The molecule has 0 bridgehead atoms. The number of nitrogens with zero attached hydrogens (tertiary/aromatic N) is 3. The molecule has 2 aromatic carbocycles. The molecule has 0 aliphatic heterocycles. The number of benzene rings is 2. The fraction of sp³-hybridized carbons (Fsp3) is 0.258. The molecule has 0 spiro atoms. The van der Waals surface area contributed by atoms with Crippen molar-refractivity contribution in [1.29, 1.82) is 0 Å². The lowest BCUT2D eigenvalue weighted by atomic mass is 9.86. The third-order valence-corrected chi connectivity index (χ3v) is 7.41. The van der Waals surface area contributed by atoms with Crippen molar-refractivity contribution >= 4 is 11.5 Å². The van der Waals surface area contributed by atoms with E-state index in [-0.39, 0.29) is 53.8 Å². The largest absolute Gasteiger partial charge is 0.435 e. The Balaban J connectivity index is 1.53. The van der Waals surface area contributed by atoms with Crippen LogP contribution in [0.15, 0.2) is 61.3 Å². The molecular formula is C31H26F6N4O2. The van der Waals surface area contributed by atoms with Gasteiger partial charge >= 0.3 is 6.18 Å². The van der Waals surface area contributed by atoms with Crippen LogP contribution in [0.2, 0.25) is 0 Å². The first-order chi connectivity index (χ1) is 20.3. The molecule has 1 aliphatic rings. The average molecular weight is 601 g/mol. The van der Waals surface area contributed by atoms with Crippen molar-refractivity contribution in [3.63, 3.8) is 0 Å². The molecule has 4 aromatic rings. The summed E-state index contributed by atoms with van der Waals surface area (Å²) in [6.45, 7) is 3.07. The number of pyridine rings is 1. The highest BCUT2D eigenvalue weighted by molar-refractivity contribution is 5.80. The number of Topliss-reactive ketones (excluding diaryl/α,β-unsaturated/α-hetero) is 1. The topological polar surface area (TPSA) is 94.0 Å². The number of fused-ring (bicyclic) bond motifs is 1. The second-order valence-corrected chi connectivity index (χ2v) is 10.5. The maximum atomic E-state index is 14.4. The highest BCUT2D eigenvalue weighted by Gasteiger charge is 2.43. The molecule has 0 amide bonds. The minimum atomic E-state index is -4.82. The molecule has 5 rings (SSSR count). The van der Waals surface area contributed by atoms with Gasteiger partial charge in [0.15, 0.2) is 11.5 Å². The summed E-state index contributed by atoms with van der Waals surface area (Å²) >= 11 is 0. The third-order valence-electron chi connectivity index (χ3n) is 7.41. The number of aliphatic hydroxyl groups is 1. The normalized spacial score (nSPS) is 15.4. The molecule has 224 valence electrons. The number of nitrogens with two attached hydrogens (primary N) is 1. The molecular weight excluding hydrogens is 574 g/mol. The predicted octanol–water partition coefficient (Wildman–Crippen LogP) is 6.28. The van der Waals surface area contributed by atoms with Gasteiger partial charge in [-0.2, -0.15) is 18.3 Å². The van der Waals surface area contributed by atoms with E-state index in [1.165, 1.54) is 24.4 Å². The Hall–Kier alpha value is -4.45. The van der Waals surface area contributed by atoms with Crippen molar-refractivity contribution in [2.24, 2.45) is 5.73 Å². The van der Waals surface area contributed by atoms with Crippen LogP contribution in [-0.2, 0) is 30.4 Å². The van der Waals surface area contributed by atoms with Crippen LogP contribution in [0.1, 0.15) is 58.6 Å². The first kappa shape index (κ1) is 30.0. The van der Waals surface area contributed by atoms with Gasteiger partial charge in [0.2, 0.25) is 0 Å². The summed E-state index contributed by atoms with van der Waals surface area (Å²) in [7, 11) is 0. The van der Waals surface area contributed by atoms with Crippen molar-refractivity contribution in [2.75, 3.05) is 0 Å². The molecule has 43 heavy (non-hydrogen) atoms. The maximum Gasteiger partial charge on any atom is 0.435 e. The van der Waals surface area contributed by atoms with Gasteiger partial charge in [0, 0.05) is 52.7 Å². The Morgan fingerprint density at radius 1 is 1.12 bits per heavy atom. The summed E-state index contributed by atoms with van der Waals surface area (Å²) in [5, 5.41) is 13.8. The Bertz CT molecular complexity index is 1690. The number of carbonyl (C=O) groups excluding carboxylic acids is 1. The van der Waals surface area contributed by atoms with Crippen molar-refractivity contribution in [1.82, 2.24) is 14.8 Å². The number of aliphatic hydroxyl groups excluding tert-OH is 1. The molecule has 12 heteroatoms. The minimum absolute atomic E-state index is 0.0122. The number of ketones is 1. The molecule has 2 atom stereocenters. The standard InChI is InChI=1S/C31H26F6N4O2/c1-16(38)24-13-18(4-5-25(24)34)23-3-2-8-39-29(23)19(9-17-10-20(32)14-21(33)11-17)12-22(42)15-41-26-6-7-27(43)28(26)30(40-41)31(35,36)37/h2-5,8,10-11,13-14,19,27,43H,1,6-7,9,12,15,38H2/t19-,27?/m1/s1. The van der Waals surface area contributed by atoms with E-state index >= 15 is 0 Å². The van der Waals surface area contributed by atoms with Crippen LogP contribution in [0.3, 0.4) is 0 Å². The van der Waals surface area contributed by atoms with E-state index in [1.54, 1.807) is 12.1 Å². The van der Waals surface area contributed by atoms with Gasteiger partial charge in [0.25, 0.3) is 0 Å². The lowest BCUT2D eigenvalue weighted by Gasteiger charge is -2.20. The SMILES string of the molecule is C=C(N)c1cc(-c2cccnc2[C@@H](CC(=O)Cn2nc(C(F)(F)F)c3c2CCC3O)Cc2cc(F)cc(F)c2)ccc1F. The minimum Gasteiger partial charge on any atom is -0.399 e. The summed E-state index contributed by atoms with van der Waals surface area (Å²) in [5.41, 5.74) is 5.92. The highest BCUT2D eigenvalue weighted by Crippen LogP contribution is 2.41. The van der Waals surface area contributed by atoms with E-state index in [4.69, 9.17) is 5.73 Å². The fourth-order valence-electron chi connectivity index (χ4n) is 5.59. The molecule has 2 heterocycles. The van der Waals surface area contributed by atoms with E-state index in [1.807, 2.05) is 0 Å². The highest BCUT2D eigenvalue weighted by atomic mass is 19.4. The van der Waals surface area contributed by atoms with Crippen LogP contribution in [-0.4, -0.2) is 25.7 Å². The first-order valence-electron chi connectivity index (χ1n) is 13.3. The first-order valence-corrected chi connectivity index (χ1v) is 13.3. The number of hydrogen-bond donors (Lipinski definition) is 2. The summed E-state index contributed by atoms with van der Waals surface area (Å²) in [4.78, 5) is 17.9. The smallest absolute Gasteiger partial charge is 0.399 e. The van der Waals surface area contributed by atoms with Crippen LogP contribution in [0.5, 0.6) is 0 Å². The predicted molar refractivity (Wildman–Crippen MR) is 146 cm³/mol. The van der Waals surface area contributed by atoms with Gasteiger partial charge in [0.1, 0.15) is 17.5 Å². The lowest BCUT2D eigenvalue weighted by molar-refractivity contribution is -0.143. The zero-order valence-electron chi connectivity index (χ0n) is 22.6. The molecule has 2 aromatic heterocycles. The van der Waals surface area contributed by atoms with Crippen LogP contribution in [0, 0.1) is 17.5 Å². The van der Waals surface area contributed by atoms with Crippen molar-refractivity contribution in [2.45, 2.75) is 50.4 Å². The second kappa shape index (κ2) is 11.7. The third kappa shape index (κ3) is 6.34. The molecule has 1 unspecified atom stereocenters. The molecule has 1 aliphatic carbocycles. The second-order valence-electron chi connectivity index (χ2n) is 10.5. The molecule has 0 radical (unpaired) electrons. The Labute approximate surface area is 242 Å². The van der Waals surface area contributed by atoms with E-state index in [9.17, 15) is 36.2 Å². The summed E-state index contributed by atoms with van der Waals surface area (Å²) < 4.78 is 84.4. The Morgan fingerprint density at radius 2 is 1.84 bits per heavy atom. The Morgan fingerprint density at radius 3 is 2.51 bits per heavy atom. The van der Waals surface area contributed by atoms with E-state index in [2.05, 4.69) is 16.7 Å². The lowest BCUT2D eigenvalue weighted by Crippen LogP contribution is -2.19. The van der Waals surface area contributed by atoms with Gasteiger partial charge in [-0.1, -0.05) is 18.7 Å². The molecule has 0 saturated heterocycles. The van der Waals surface area contributed by atoms with Gasteiger partial charge in [-0.3, -0.25) is 14.5 Å². The zero-order chi connectivity index (χ0) is 31.1. The van der Waals surface area contributed by atoms with E-state index in [0.29, 0.717) is 22.9 Å². The van der Waals surface area contributed by atoms with Gasteiger partial charge in [0.05, 0.1) is 18.3 Å². The fourth-order valence-corrected chi connectivity index (χ4v) is 5.59. The van der Waals surface area contributed by atoms with Crippen LogP contribution in [0.4, 0.5) is 26.3 Å². The van der Waals surface area contributed by atoms with Crippen LogP contribution in [0.25, 0.3) is 16.8 Å².